The Hall–Kier alpha value is -1.38. The standard InChI is InChI=1S/C14H21N3/c1-11-6-5-9-13(16-11)10-17(2)14(15)12-7-3-4-8-12/h5-6,9,12,15H,3-4,7-8,10H2,1-2H3. The van der Waals surface area contributed by atoms with Gasteiger partial charge in [-0.2, -0.15) is 0 Å². The maximum absolute atomic E-state index is 8.19. The molecule has 1 fully saturated rings. The van der Waals surface area contributed by atoms with Crippen LogP contribution in [-0.2, 0) is 6.54 Å². The lowest BCUT2D eigenvalue weighted by atomic mass is 10.1. The molecule has 0 atom stereocenters. The van der Waals surface area contributed by atoms with Crippen molar-refractivity contribution in [2.45, 2.75) is 39.2 Å². The highest BCUT2D eigenvalue weighted by Crippen LogP contribution is 2.26. The molecule has 2 rings (SSSR count). The van der Waals surface area contributed by atoms with E-state index in [9.17, 15) is 0 Å². The Morgan fingerprint density at radius 3 is 2.76 bits per heavy atom. The fourth-order valence-electron chi connectivity index (χ4n) is 2.53. The summed E-state index contributed by atoms with van der Waals surface area (Å²) in [7, 11) is 2.00. The van der Waals surface area contributed by atoms with Crippen molar-refractivity contribution < 1.29 is 0 Å². The van der Waals surface area contributed by atoms with Crippen LogP contribution in [0.4, 0.5) is 0 Å². The third kappa shape index (κ3) is 3.05. The summed E-state index contributed by atoms with van der Waals surface area (Å²) < 4.78 is 0. The third-order valence-electron chi connectivity index (χ3n) is 3.50. The summed E-state index contributed by atoms with van der Waals surface area (Å²) in [4.78, 5) is 6.52. The van der Waals surface area contributed by atoms with Gasteiger partial charge < -0.3 is 4.90 Å². The van der Waals surface area contributed by atoms with Crippen molar-refractivity contribution >= 4 is 5.84 Å². The van der Waals surface area contributed by atoms with Gasteiger partial charge in [0.1, 0.15) is 0 Å². The summed E-state index contributed by atoms with van der Waals surface area (Å²) in [6.07, 6.45) is 4.93. The molecular weight excluding hydrogens is 210 g/mol. The Kier molecular flexibility index (Phi) is 3.77. The van der Waals surface area contributed by atoms with E-state index in [1.165, 1.54) is 25.7 Å². The molecule has 17 heavy (non-hydrogen) atoms. The van der Waals surface area contributed by atoms with Gasteiger partial charge in [0, 0.05) is 18.7 Å². The number of pyridine rings is 1. The molecule has 0 amide bonds. The van der Waals surface area contributed by atoms with Gasteiger partial charge in [0.2, 0.25) is 0 Å². The number of amidine groups is 1. The highest BCUT2D eigenvalue weighted by atomic mass is 15.1. The predicted molar refractivity (Wildman–Crippen MR) is 70.1 cm³/mol. The second-order valence-electron chi connectivity index (χ2n) is 4.99. The fraction of sp³-hybridized carbons (Fsp3) is 0.571. The zero-order valence-corrected chi connectivity index (χ0v) is 10.7. The molecule has 1 aliphatic rings. The van der Waals surface area contributed by atoms with Gasteiger partial charge in [-0.3, -0.25) is 10.4 Å². The highest BCUT2D eigenvalue weighted by molar-refractivity contribution is 5.81. The van der Waals surface area contributed by atoms with Gasteiger partial charge in [0.25, 0.3) is 0 Å². The van der Waals surface area contributed by atoms with Crippen molar-refractivity contribution in [1.82, 2.24) is 9.88 Å². The second-order valence-corrected chi connectivity index (χ2v) is 4.99. The van der Waals surface area contributed by atoms with E-state index in [0.717, 1.165) is 23.8 Å². The molecule has 0 aromatic carbocycles. The molecular formula is C14H21N3. The van der Waals surface area contributed by atoms with E-state index in [1.54, 1.807) is 0 Å². The zero-order valence-electron chi connectivity index (χ0n) is 10.7. The molecule has 92 valence electrons. The van der Waals surface area contributed by atoms with Crippen LogP contribution in [0, 0.1) is 18.3 Å². The van der Waals surface area contributed by atoms with Crippen LogP contribution in [-0.4, -0.2) is 22.8 Å². The molecule has 3 heteroatoms. The number of aromatic nitrogens is 1. The Morgan fingerprint density at radius 1 is 1.41 bits per heavy atom. The number of hydrogen-bond donors (Lipinski definition) is 1. The van der Waals surface area contributed by atoms with Gasteiger partial charge in [-0.25, -0.2) is 0 Å². The van der Waals surface area contributed by atoms with Crippen LogP contribution in [0.5, 0.6) is 0 Å². The molecule has 1 N–H and O–H groups in total. The number of nitrogens with zero attached hydrogens (tertiary/aromatic N) is 2. The van der Waals surface area contributed by atoms with Crippen molar-refractivity contribution in [2.75, 3.05) is 7.05 Å². The molecule has 1 aromatic heterocycles. The van der Waals surface area contributed by atoms with Crippen LogP contribution < -0.4 is 0 Å². The molecule has 1 aromatic rings. The quantitative estimate of drug-likeness (QED) is 0.641. The van der Waals surface area contributed by atoms with E-state index in [2.05, 4.69) is 4.98 Å². The van der Waals surface area contributed by atoms with Gasteiger partial charge >= 0.3 is 0 Å². The maximum Gasteiger partial charge on any atom is 0.0990 e. The topological polar surface area (TPSA) is 40.0 Å². The maximum atomic E-state index is 8.19. The lowest BCUT2D eigenvalue weighted by Crippen LogP contribution is -2.31. The fourth-order valence-corrected chi connectivity index (χ4v) is 2.53. The van der Waals surface area contributed by atoms with Crippen molar-refractivity contribution in [3.63, 3.8) is 0 Å². The molecule has 1 heterocycles. The molecule has 3 nitrogen and oxygen atoms in total. The monoisotopic (exact) mass is 231 g/mol. The normalized spacial score (nSPS) is 16.1. The minimum absolute atomic E-state index is 0.477. The Morgan fingerprint density at radius 2 is 2.12 bits per heavy atom. The minimum Gasteiger partial charge on any atom is -0.357 e. The third-order valence-corrected chi connectivity index (χ3v) is 3.50. The average molecular weight is 231 g/mol. The summed E-state index contributed by atoms with van der Waals surface area (Å²) >= 11 is 0. The smallest absolute Gasteiger partial charge is 0.0990 e. The first-order valence-electron chi connectivity index (χ1n) is 6.39. The number of aryl methyl sites for hydroxylation is 1. The molecule has 1 aliphatic carbocycles. The van der Waals surface area contributed by atoms with Crippen LogP contribution in [0.3, 0.4) is 0 Å². The van der Waals surface area contributed by atoms with Gasteiger partial charge in [-0.05, 0) is 31.9 Å². The van der Waals surface area contributed by atoms with E-state index in [0.29, 0.717) is 5.92 Å². The molecule has 0 saturated heterocycles. The SMILES string of the molecule is Cc1cccc(CN(C)C(=N)C2CCCC2)n1. The van der Waals surface area contributed by atoms with Gasteiger partial charge in [-0.1, -0.05) is 18.9 Å². The minimum atomic E-state index is 0.477. The van der Waals surface area contributed by atoms with Gasteiger partial charge in [-0.15, -0.1) is 0 Å². The van der Waals surface area contributed by atoms with Crippen molar-refractivity contribution in [3.05, 3.63) is 29.6 Å². The first kappa shape index (κ1) is 12.1. The van der Waals surface area contributed by atoms with Crippen LogP contribution in [0.15, 0.2) is 18.2 Å². The molecule has 0 spiro atoms. The lowest BCUT2D eigenvalue weighted by molar-refractivity contribution is 0.449. The highest BCUT2D eigenvalue weighted by Gasteiger charge is 2.22. The molecule has 0 aliphatic heterocycles. The summed E-state index contributed by atoms with van der Waals surface area (Å²) in [6.45, 7) is 2.75. The van der Waals surface area contributed by atoms with Crippen LogP contribution in [0.25, 0.3) is 0 Å². The first-order chi connectivity index (χ1) is 8.16. The molecule has 1 saturated carbocycles. The number of nitrogens with one attached hydrogen (secondary N) is 1. The second kappa shape index (κ2) is 5.30. The molecule has 0 bridgehead atoms. The van der Waals surface area contributed by atoms with Gasteiger partial charge in [0.15, 0.2) is 0 Å². The van der Waals surface area contributed by atoms with E-state index < -0.39 is 0 Å². The molecule has 0 radical (unpaired) electrons. The van der Waals surface area contributed by atoms with Crippen LogP contribution in [0.1, 0.15) is 37.1 Å². The summed E-state index contributed by atoms with van der Waals surface area (Å²) in [5, 5.41) is 8.19. The number of hydrogen-bond acceptors (Lipinski definition) is 2. The molecule has 0 unspecified atom stereocenters. The van der Waals surface area contributed by atoms with E-state index in [1.807, 2.05) is 37.1 Å². The van der Waals surface area contributed by atoms with Crippen molar-refractivity contribution in [2.24, 2.45) is 5.92 Å². The van der Waals surface area contributed by atoms with E-state index in [-0.39, 0.29) is 0 Å². The van der Waals surface area contributed by atoms with Gasteiger partial charge in [0.05, 0.1) is 18.1 Å². The Balaban J connectivity index is 1.96. The van der Waals surface area contributed by atoms with E-state index >= 15 is 0 Å². The van der Waals surface area contributed by atoms with Crippen molar-refractivity contribution in [3.8, 4) is 0 Å². The average Bonchev–Trinajstić information content (AvgIpc) is 2.81. The van der Waals surface area contributed by atoms with E-state index in [4.69, 9.17) is 5.41 Å². The first-order valence-corrected chi connectivity index (χ1v) is 6.39. The zero-order chi connectivity index (χ0) is 12.3. The number of rotatable bonds is 3. The Bertz CT molecular complexity index is 394. The van der Waals surface area contributed by atoms with Crippen molar-refractivity contribution in [1.29, 1.82) is 5.41 Å². The predicted octanol–water partition coefficient (Wildman–Crippen LogP) is 2.99. The summed E-state index contributed by atoms with van der Waals surface area (Å²) in [5.41, 5.74) is 2.10. The summed E-state index contributed by atoms with van der Waals surface area (Å²) in [6, 6.07) is 6.07. The Labute approximate surface area is 103 Å². The lowest BCUT2D eigenvalue weighted by Gasteiger charge is -2.23. The van der Waals surface area contributed by atoms with Crippen LogP contribution in [0.2, 0.25) is 0 Å². The largest absolute Gasteiger partial charge is 0.357 e. The van der Waals surface area contributed by atoms with Crippen LogP contribution >= 0.6 is 0 Å². The summed E-state index contributed by atoms with van der Waals surface area (Å²) in [5.74, 6) is 1.26.